The average Bonchev–Trinajstić information content (AvgIpc) is 2.92. The molecule has 0 aromatic heterocycles. The summed E-state index contributed by atoms with van der Waals surface area (Å²) in [7, 11) is 0. The van der Waals surface area contributed by atoms with E-state index in [2.05, 4.69) is 11.9 Å². The first-order chi connectivity index (χ1) is 12.8. The molecule has 2 fully saturated rings. The second-order valence-electron chi connectivity index (χ2n) is 7.05. The van der Waals surface area contributed by atoms with Gasteiger partial charge in [-0.05, 0) is 19.4 Å². The number of nitrogens with one attached hydrogen (secondary N) is 1. The van der Waals surface area contributed by atoms with E-state index in [9.17, 15) is 14.4 Å². The second-order valence-corrected chi connectivity index (χ2v) is 8.82. The van der Waals surface area contributed by atoms with Crippen LogP contribution in [0.1, 0.15) is 25.5 Å². The van der Waals surface area contributed by atoms with Gasteiger partial charge in [-0.1, -0.05) is 43.0 Å². The summed E-state index contributed by atoms with van der Waals surface area (Å²) in [6.45, 7) is 7.39. The van der Waals surface area contributed by atoms with Crippen LogP contribution in [0, 0.1) is 0 Å². The van der Waals surface area contributed by atoms with Gasteiger partial charge in [0.15, 0.2) is 0 Å². The maximum absolute atomic E-state index is 12.6. The third-order valence-electron chi connectivity index (χ3n) is 4.75. The lowest BCUT2D eigenvalue weighted by Crippen LogP contribution is -2.71. The molecule has 0 aliphatic carbocycles. The molecule has 2 amide bonds. The average molecular weight is 389 g/mol. The van der Waals surface area contributed by atoms with Crippen LogP contribution in [0.25, 0.3) is 0 Å². The van der Waals surface area contributed by atoms with E-state index in [1.807, 2.05) is 19.9 Å². The summed E-state index contributed by atoms with van der Waals surface area (Å²) >= 11 is 1.47. The highest BCUT2D eigenvalue weighted by atomic mass is 32.2. The molecule has 1 aromatic carbocycles. The fourth-order valence-corrected chi connectivity index (χ4v) is 5.02. The van der Waals surface area contributed by atoms with Crippen LogP contribution in [0.2, 0.25) is 0 Å². The number of fused-ring (bicyclic) bond motifs is 1. The first kappa shape index (κ1) is 19.4. The predicted octanol–water partition coefficient (Wildman–Crippen LogP) is 0.963. The van der Waals surface area contributed by atoms with Crippen LogP contribution in [0.15, 0.2) is 43.0 Å². The zero-order chi connectivity index (χ0) is 19.8. The molecule has 144 valence electrons. The van der Waals surface area contributed by atoms with Crippen molar-refractivity contribution in [3.8, 4) is 0 Å². The molecule has 0 spiro atoms. The van der Waals surface area contributed by atoms with Crippen molar-refractivity contribution >= 4 is 29.5 Å². The molecule has 8 heteroatoms. The van der Waals surface area contributed by atoms with E-state index in [0.717, 1.165) is 0 Å². The third kappa shape index (κ3) is 3.46. The van der Waals surface area contributed by atoms with E-state index in [1.54, 1.807) is 24.3 Å². The molecule has 7 nitrogen and oxygen atoms in total. The number of β-lactam (4-membered cyclic amide) rings is 1. The van der Waals surface area contributed by atoms with Crippen LogP contribution in [0.3, 0.4) is 0 Å². The Kier molecular flexibility index (Phi) is 5.30. The van der Waals surface area contributed by atoms with Crippen molar-refractivity contribution in [1.82, 2.24) is 10.2 Å². The highest BCUT2D eigenvalue weighted by Crippen LogP contribution is 2.51. The predicted molar refractivity (Wildman–Crippen MR) is 103 cm³/mol. The van der Waals surface area contributed by atoms with Gasteiger partial charge in [0.1, 0.15) is 30.1 Å². The molecule has 0 bridgehead atoms. The third-order valence-corrected chi connectivity index (χ3v) is 6.32. The second kappa shape index (κ2) is 7.36. The number of rotatable bonds is 6. The van der Waals surface area contributed by atoms with Crippen molar-refractivity contribution < 1.29 is 19.1 Å². The largest absolute Gasteiger partial charge is 0.460 e. The Balaban J connectivity index is 1.69. The maximum atomic E-state index is 12.6. The number of amides is 2. The van der Waals surface area contributed by atoms with E-state index >= 15 is 0 Å². The number of carbonyl (C=O) groups excluding carboxylic acids is 3. The number of thioether (sulfide) groups is 1. The molecule has 3 rings (SSSR count). The summed E-state index contributed by atoms with van der Waals surface area (Å²) in [5.74, 6) is -1.18. The Morgan fingerprint density at radius 3 is 2.70 bits per heavy atom. The monoisotopic (exact) mass is 389 g/mol. The van der Waals surface area contributed by atoms with E-state index in [1.165, 1.54) is 22.7 Å². The van der Waals surface area contributed by atoms with Gasteiger partial charge in [-0.2, -0.15) is 0 Å². The van der Waals surface area contributed by atoms with Crippen molar-refractivity contribution in [1.29, 1.82) is 0 Å². The first-order valence-electron chi connectivity index (χ1n) is 8.66. The molecule has 2 aliphatic heterocycles. The number of nitrogens with two attached hydrogens (primary N) is 1. The molecular formula is C19H23N3O4S. The van der Waals surface area contributed by atoms with E-state index < -0.39 is 34.7 Å². The first-order valence-corrected chi connectivity index (χ1v) is 9.54. The zero-order valence-corrected chi connectivity index (χ0v) is 16.1. The van der Waals surface area contributed by atoms with Crippen LogP contribution in [0.4, 0.5) is 0 Å². The topological polar surface area (TPSA) is 102 Å². The number of ether oxygens (including phenoxy) is 1. The zero-order valence-electron chi connectivity index (χ0n) is 15.3. The molecule has 0 saturated carbocycles. The van der Waals surface area contributed by atoms with E-state index in [4.69, 9.17) is 10.5 Å². The lowest BCUT2D eigenvalue weighted by atomic mass is 9.95. The molecule has 1 aromatic rings. The Morgan fingerprint density at radius 2 is 2.07 bits per heavy atom. The molecule has 2 heterocycles. The minimum absolute atomic E-state index is 0.0921. The summed E-state index contributed by atoms with van der Waals surface area (Å²) < 4.78 is 4.62. The fourth-order valence-electron chi connectivity index (χ4n) is 3.40. The van der Waals surface area contributed by atoms with Gasteiger partial charge in [0, 0.05) is 4.75 Å². The minimum Gasteiger partial charge on any atom is -0.460 e. The molecule has 2 saturated heterocycles. The lowest BCUT2D eigenvalue weighted by Gasteiger charge is -2.44. The number of nitrogens with zero attached hydrogens (tertiary/aromatic N) is 1. The van der Waals surface area contributed by atoms with Crippen LogP contribution in [-0.2, 0) is 19.1 Å². The molecule has 4 atom stereocenters. The van der Waals surface area contributed by atoms with Gasteiger partial charge >= 0.3 is 5.97 Å². The molecule has 2 unspecified atom stereocenters. The lowest BCUT2D eigenvalue weighted by molar-refractivity contribution is -0.163. The van der Waals surface area contributed by atoms with Gasteiger partial charge in [-0.25, -0.2) is 4.79 Å². The molecule has 27 heavy (non-hydrogen) atoms. The summed E-state index contributed by atoms with van der Waals surface area (Å²) in [4.78, 5) is 39.0. The SMILES string of the molecule is C=CCOC(=O)[C@@H]1N2C(=O)C(NC(=O)C(N)c3ccccc3)[C@H]2SC1(C)C. The molecule has 2 aliphatic rings. The Hall–Kier alpha value is -2.32. The van der Waals surface area contributed by atoms with Crippen molar-refractivity contribution in [2.75, 3.05) is 6.61 Å². The van der Waals surface area contributed by atoms with E-state index in [0.29, 0.717) is 5.56 Å². The van der Waals surface area contributed by atoms with Crippen molar-refractivity contribution in [2.24, 2.45) is 5.73 Å². The molecule has 3 N–H and O–H groups in total. The van der Waals surface area contributed by atoms with Crippen molar-refractivity contribution in [3.05, 3.63) is 48.6 Å². The van der Waals surface area contributed by atoms with E-state index in [-0.39, 0.29) is 17.9 Å². The van der Waals surface area contributed by atoms with Crippen LogP contribution < -0.4 is 11.1 Å². The van der Waals surface area contributed by atoms with Crippen LogP contribution in [0.5, 0.6) is 0 Å². The Labute approximate surface area is 162 Å². The minimum atomic E-state index is -0.860. The normalized spacial score (nSPS) is 26.6. The van der Waals surface area contributed by atoms with Crippen molar-refractivity contribution in [2.45, 2.75) is 42.1 Å². The maximum Gasteiger partial charge on any atom is 0.330 e. The number of carbonyl (C=O) groups is 3. The standard InChI is InChI=1S/C19H23N3O4S/c1-4-10-26-18(25)14-19(2,3)27-17-13(16(24)22(14)17)21-15(23)12(20)11-8-6-5-7-9-11/h4-9,12-14,17H,1,10,20H2,2-3H3,(H,21,23)/t12?,13?,14-,17+/m0/s1. The van der Waals surface area contributed by atoms with Crippen LogP contribution in [-0.4, -0.2) is 51.5 Å². The number of hydrogen-bond acceptors (Lipinski definition) is 6. The Morgan fingerprint density at radius 1 is 1.41 bits per heavy atom. The summed E-state index contributed by atoms with van der Waals surface area (Å²) in [6, 6.07) is 6.70. The van der Waals surface area contributed by atoms with Gasteiger partial charge in [-0.15, -0.1) is 11.8 Å². The van der Waals surface area contributed by atoms with Crippen LogP contribution >= 0.6 is 11.8 Å². The number of benzene rings is 1. The van der Waals surface area contributed by atoms with Gasteiger partial charge in [0.25, 0.3) is 0 Å². The number of esters is 1. The highest BCUT2D eigenvalue weighted by molar-refractivity contribution is 8.01. The highest BCUT2D eigenvalue weighted by Gasteiger charge is 2.64. The molecular weight excluding hydrogens is 366 g/mol. The summed E-state index contributed by atoms with van der Waals surface area (Å²) in [5.41, 5.74) is 6.67. The summed E-state index contributed by atoms with van der Waals surface area (Å²) in [5, 5.41) is 2.41. The van der Waals surface area contributed by atoms with Crippen molar-refractivity contribution in [3.63, 3.8) is 0 Å². The van der Waals surface area contributed by atoms with Gasteiger partial charge in [-0.3, -0.25) is 9.59 Å². The van der Waals surface area contributed by atoms with Gasteiger partial charge in [0.2, 0.25) is 11.8 Å². The van der Waals surface area contributed by atoms with Gasteiger partial charge < -0.3 is 20.7 Å². The quantitative estimate of drug-likeness (QED) is 0.427. The number of hydrogen-bond donors (Lipinski definition) is 2. The fraction of sp³-hybridized carbons (Fsp3) is 0.421. The summed E-state index contributed by atoms with van der Waals surface area (Å²) in [6.07, 6.45) is 1.48. The molecule has 0 radical (unpaired) electrons. The van der Waals surface area contributed by atoms with Gasteiger partial charge in [0.05, 0.1) is 0 Å². The smallest absolute Gasteiger partial charge is 0.330 e. The Bertz CT molecular complexity index is 767.